The number of carbonyl (C=O) groups excluding carboxylic acids is 2. The first kappa shape index (κ1) is 31.0. The average Bonchev–Trinajstić information content (AvgIpc) is 2.93. The first-order chi connectivity index (χ1) is 18.9. The molecule has 40 heavy (non-hydrogen) atoms. The number of nitrogens with zero attached hydrogens (tertiary/aromatic N) is 2. The van der Waals surface area contributed by atoms with Crippen molar-refractivity contribution in [3.63, 3.8) is 0 Å². The fourth-order valence-electron chi connectivity index (χ4n) is 4.05. The molecule has 0 saturated heterocycles. The van der Waals surface area contributed by atoms with Gasteiger partial charge in [-0.1, -0.05) is 49.7 Å². The summed E-state index contributed by atoms with van der Waals surface area (Å²) in [6, 6.07) is 19.0. The Balaban J connectivity index is 2.02. The van der Waals surface area contributed by atoms with Crippen LogP contribution in [0.25, 0.3) is 0 Å². The van der Waals surface area contributed by atoms with Gasteiger partial charge in [-0.15, -0.1) is 0 Å². The molecule has 0 aliphatic carbocycles. The van der Waals surface area contributed by atoms with Gasteiger partial charge in [0.05, 0.1) is 17.7 Å². The van der Waals surface area contributed by atoms with E-state index in [-0.39, 0.29) is 23.3 Å². The van der Waals surface area contributed by atoms with Crippen molar-refractivity contribution in [3.8, 4) is 5.75 Å². The minimum Gasteiger partial charge on any atom is -0.497 e. The van der Waals surface area contributed by atoms with E-state index in [4.69, 9.17) is 16.3 Å². The Morgan fingerprint density at radius 3 is 2.27 bits per heavy atom. The van der Waals surface area contributed by atoms with Crippen LogP contribution >= 0.6 is 11.6 Å². The van der Waals surface area contributed by atoms with Gasteiger partial charge in [0.1, 0.15) is 18.3 Å². The molecule has 2 amide bonds. The molecule has 0 radical (unpaired) electrons. The lowest BCUT2D eigenvalue weighted by Crippen LogP contribution is -2.51. The Labute approximate surface area is 241 Å². The highest BCUT2D eigenvalue weighted by molar-refractivity contribution is 7.92. The number of hydrogen-bond acceptors (Lipinski definition) is 5. The van der Waals surface area contributed by atoms with Crippen LogP contribution < -0.4 is 14.4 Å². The van der Waals surface area contributed by atoms with Gasteiger partial charge >= 0.3 is 0 Å². The fourth-order valence-corrected chi connectivity index (χ4v) is 5.58. The van der Waals surface area contributed by atoms with Gasteiger partial charge in [-0.2, -0.15) is 0 Å². The van der Waals surface area contributed by atoms with Crippen molar-refractivity contribution >= 4 is 39.1 Å². The molecule has 0 aromatic heterocycles. The molecular formula is C30H36ClN3O5S. The zero-order valence-corrected chi connectivity index (χ0v) is 25.0. The molecule has 3 aromatic rings. The van der Waals surface area contributed by atoms with Gasteiger partial charge in [-0.3, -0.25) is 13.9 Å². The van der Waals surface area contributed by atoms with Crippen molar-refractivity contribution in [2.45, 2.75) is 45.2 Å². The minimum atomic E-state index is -4.16. The summed E-state index contributed by atoms with van der Waals surface area (Å²) in [6.07, 6.45) is 0. The van der Waals surface area contributed by atoms with Crippen LogP contribution in [0.2, 0.25) is 5.02 Å². The Morgan fingerprint density at radius 1 is 0.975 bits per heavy atom. The summed E-state index contributed by atoms with van der Waals surface area (Å²) in [4.78, 5) is 28.4. The fraction of sp³-hybridized carbons (Fsp3) is 0.333. The summed E-state index contributed by atoms with van der Waals surface area (Å²) in [5.41, 5.74) is 1.90. The molecule has 0 saturated carbocycles. The molecule has 1 N–H and O–H groups in total. The average molecular weight is 586 g/mol. The molecule has 0 aliphatic heterocycles. The van der Waals surface area contributed by atoms with Gasteiger partial charge in [-0.05, 0) is 79.4 Å². The van der Waals surface area contributed by atoms with Gasteiger partial charge in [0, 0.05) is 18.1 Å². The van der Waals surface area contributed by atoms with Crippen LogP contribution in [0.4, 0.5) is 5.69 Å². The molecule has 10 heteroatoms. The summed E-state index contributed by atoms with van der Waals surface area (Å²) in [5, 5.41) is 3.27. The number of amides is 2. The number of carbonyl (C=O) groups is 2. The molecule has 0 bridgehead atoms. The largest absolute Gasteiger partial charge is 0.497 e. The molecule has 0 spiro atoms. The van der Waals surface area contributed by atoms with E-state index in [2.05, 4.69) is 5.32 Å². The normalized spacial score (nSPS) is 12.1. The Hall–Kier alpha value is -3.56. The molecular weight excluding hydrogens is 550 g/mol. The maximum absolute atomic E-state index is 14.0. The van der Waals surface area contributed by atoms with E-state index in [0.717, 1.165) is 15.4 Å². The highest BCUT2D eigenvalue weighted by Gasteiger charge is 2.32. The van der Waals surface area contributed by atoms with Crippen LogP contribution in [0.15, 0.2) is 77.7 Å². The molecule has 0 fully saturated rings. The number of halogens is 1. The summed E-state index contributed by atoms with van der Waals surface area (Å²) in [5.74, 6) is -0.0322. The number of rotatable bonds is 12. The van der Waals surface area contributed by atoms with Crippen molar-refractivity contribution in [1.29, 1.82) is 0 Å². The monoisotopic (exact) mass is 585 g/mol. The lowest BCUT2D eigenvalue weighted by molar-refractivity contribution is -0.139. The van der Waals surface area contributed by atoms with E-state index in [9.17, 15) is 18.0 Å². The predicted molar refractivity (Wildman–Crippen MR) is 158 cm³/mol. The number of hydrogen-bond donors (Lipinski definition) is 1. The van der Waals surface area contributed by atoms with Crippen LogP contribution in [0, 0.1) is 12.8 Å². The first-order valence-corrected chi connectivity index (χ1v) is 14.8. The third-order valence-corrected chi connectivity index (χ3v) is 8.35. The Bertz CT molecular complexity index is 1430. The highest BCUT2D eigenvalue weighted by Crippen LogP contribution is 2.26. The molecule has 0 heterocycles. The molecule has 1 unspecified atom stereocenters. The first-order valence-electron chi connectivity index (χ1n) is 13.0. The number of aryl methyl sites for hydroxylation is 1. The van der Waals surface area contributed by atoms with Gasteiger partial charge in [0.2, 0.25) is 11.8 Å². The number of methoxy groups -OCH3 is 1. The number of benzene rings is 3. The quantitative estimate of drug-likeness (QED) is 0.321. The number of nitrogens with one attached hydrogen (secondary N) is 1. The van der Waals surface area contributed by atoms with Crippen LogP contribution in [0.3, 0.4) is 0 Å². The third-order valence-electron chi connectivity index (χ3n) is 6.31. The second kappa shape index (κ2) is 13.7. The van der Waals surface area contributed by atoms with Crippen molar-refractivity contribution in [2.24, 2.45) is 5.92 Å². The van der Waals surface area contributed by atoms with E-state index >= 15 is 0 Å². The standard InChI is InChI=1S/C30H36ClN3O5S/c1-21(2)18-32-30(36)23(4)33(19-24-9-7-11-27(17-24)39-5)29(35)20-34(26-10-6-8-22(3)16-26)40(37,38)28-14-12-25(31)13-15-28/h6-17,21,23H,18-20H2,1-5H3,(H,32,36). The van der Waals surface area contributed by atoms with E-state index in [1.54, 1.807) is 50.4 Å². The third kappa shape index (κ3) is 7.99. The summed E-state index contributed by atoms with van der Waals surface area (Å²) in [7, 11) is -2.61. The highest BCUT2D eigenvalue weighted by atomic mass is 35.5. The van der Waals surface area contributed by atoms with E-state index in [1.165, 1.54) is 29.2 Å². The van der Waals surface area contributed by atoms with E-state index in [1.807, 2.05) is 32.9 Å². The molecule has 214 valence electrons. The molecule has 3 rings (SSSR count). The van der Waals surface area contributed by atoms with Crippen molar-refractivity contribution < 1.29 is 22.7 Å². The number of sulfonamides is 1. The van der Waals surface area contributed by atoms with Gasteiger partial charge in [0.25, 0.3) is 10.0 Å². The summed E-state index contributed by atoms with van der Waals surface area (Å²) >= 11 is 6.00. The number of anilines is 1. The topological polar surface area (TPSA) is 96.0 Å². The maximum atomic E-state index is 14.0. The number of ether oxygens (including phenoxy) is 1. The molecule has 0 aliphatic rings. The van der Waals surface area contributed by atoms with Gasteiger partial charge in [-0.25, -0.2) is 8.42 Å². The van der Waals surface area contributed by atoms with Crippen molar-refractivity contribution in [3.05, 3.63) is 88.9 Å². The lowest BCUT2D eigenvalue weighted by atomic mass is 10.1. The second-order valence-electron chi connectivity index (χ2n) is 9.99. The second-order valence-corrected chi connectivity index (χ2v) is 12.3. The molecule has 8 nitrogen and oxygen atoms in total. The van der Waals surface area contributed by atoms with Gasteiger partial charge < -0.3 is 15.0 Å². The van der Waals surface area contributed by atoms with Crippen LogP contribution in [-0.4, -0.2) is 51.4 Å². The van der Waals surface area contributed by atoms with Crippen LogP contribution in [0.1, 0.15) is 31.9 Å². The van der Waals surface area contributed by atoms with Crippen LogP contribution in [-0.2, 0) is 26.2 Å². The van der Waals surface area contributed by atoms with Gasteiger partial charge in [0.15, 0.2) is 0 Å². The van der Waals surface area contributed by atoms with Crippen LogP contribution in [0.5, 0.6) is 5.75 Å². The smallest absolute Gasteiger partial charge is 0.264 e. The summed E-state index contributed by atoms with van der Waals surface area (Å²) in [6.45, 7) is 7.45. The van der Waals surface area contributed by atoms with E-state index in [0.29, 0.717) is 23.0 Å². The zero-order chi connectivity index (χ0) is 29.4. The lowest BCUT2D eigenvalue weighted by Gasteiger charge is -2.32. The minimum absolute atomic E-state index is 0.00623. The molecule has 1 atom stereocenters. The summed E-state index contributed by atoms with van der Waals surface area (Å²) < 4.78 is 34.1. The molecule has 3 aromatic carbocycles. The maximum Gasteiger partial charge on any atom is 0.264 e. The Kier molecular flexibility index (Phi) is 10.6. The van der Waals surface area contributed by atoms with Crippen molar-refractivity contribution in [2.75, 3.05) is 24.5 Å². The van der Waals surface area contributed by atoms with E-state index < -0.39 is 28.5 Å². The zero-order valence-electron chi connectivity index (χ0n) is 23.4. The Morgan fingerprint density at radius 2 is 1.65 bits per heavy atom. The predicted octanol–water partition coefficient (Wildman–Crippen LogP) is 5.04. The van der Waals surface area contributed by atoms with Crippen molar-refractivity contribution in [1.82, 2.24) is 10.2 Å². The SMILES string of the molecule is COc1cccc(CN(C(=O)CN(c2cccc(C)c2)S(=O)(=O)c2ccc(Cl)cc2)C(C)C(=O)NCC(C)C)c1.